The molecule has 0 amide bonds. The fourth-order valence-electron chi connectivity index (χ4n) is 2.24. The summed E-state index contributed by atoms with van der Waals surface area (Å²) in [5.74, 6) is 1.79. The van der Waals surface area contributed by atoms with Crippen molar-refractivity contribution in [2.75, 3.05) is 13.2 Å². The van der Waals surface area contributed by atoms with Gasteiger partial charge < -0.3 is 9.47 Å². The molecule has 0 aliphatic carbocycles. The average Bonchev–Trinajstić information content (AvgIpc) is 2.93. The molecule has 0 saturated heterocycles. The van der Waals surface area contributed by atoms with E-state index in [1.807, 2.05) is 24.7 Å². The topological polar surface area (TPSA) is 31.4 Å². The quantitative estimate of drug-likeness (QED) is 0.787. The maximum absolute atomic E-state index is 5.86. The predicted molar refractivity (Wildman–Crippen MR) is 88.6 cm³/mol. The van der Waals surface area contributed by atoms with E-state index in [9.17, 15) is 0 Å². The van der Waals surface area contributed by atoms with Crippen molar-refractivity contribution in [3.05, 3.63) is 28.6 Å². The maximum Gasteiger partial charge on any atom is 0.129 e. The van der Waals surface area contributed by atoms with Gasteiger partial charge >= 0.3 is 0 Å². The van der Waals surface area contributed by atoms with Gasteiger partial charge in [0.05, 0.1) is 24.4 Å². The number of ether oxygens (including phenoxy) is 2. The molecule has 0 spiro atoms. The van der Waals surface area contributed by atoms with Crippen LogP contribution in [-0.2, 0) is 5.41 Å². The molecule has 2 rings (SSSR count). The summed E-state index contributed by atoms with van der Waals surface area (Å²) < 4.78 is 11.7. The highest BCUT2D eigenvalue weighted by molar-refractivity contribution is 7.07. The van der Waals surface area contributed by atoms with E-state index < -0.39 is 0 Å². The van der Waals surface area contributed by atoms with Gasteiger partial charge in [-0.25, -0.2) is 4.98 Å². The minimum atomic E-state index is -0.00302. The highest BCUT2D eigenvalue weighted by atomic mass is 32.1. The Balaban J connectivity index is 2.62. The number of benzene rings is 1. The molecular weight excluding hydrogens is 282 g/mol. The van der Waals surface area contributed by atoms with Gasteiger partial charge in [-0.15, -0.1) is 11.3 Å². The Bertz CT molecular complexity index is 586. The first-order valence-electron chi connectivity index (χ1n) is 7.30. The fourth-order valence-corrected chi connectivity index (χ4v) is 2.79. The zero-order valence-corrected chi connectivity index (χ0v) is 14.2. The van der Waals surface area contributed by atoms with E-state index in [2.05, 4.69) is 37.9 Å². The summed E-state index contributed by atoms with van der Waals surface area (Å²) in [4.78, 5) is 4.41. The molecule has 0 fully saturated rings. The molecule has 0 unspecified atom stereocenters. The number of nitrogens with zero attached hydrogens (tertiary/aromatic N) is 1. The minimum Gasteiger partial charge on any atom is -0.494 e. The van der Waals surface area contributed by atoms with Crippen LogP contribution in [0.2, 0.25) is 0 Å². The highest BCUT2D eigenvalue weighted by Gasteiger charge is 2.23. The van der Waals surface area contributed by atoms with Crippen LogP contribution in [0, 0.1) is 0 Å². The molecule has 0 aliphatic heterocycles. The Morgan fingerprint density at radius 1 is 1.05 bits per heavy atom. The third-order valence-corrected chi connectivity index (χ3v) is 3.78. The number of hydrogen-bond acceptors (Lipinski definition) is 4. The Hall–Kier alpha value is -1.55. The van der Waals surface area contributed by atoms with Crippen molar-refractivity contribution in [1.82, 2.24) is 4.98 Å². The lowest BCUT2D eigenvalue weighted by molar-refractivity contribution is 0.322. The van der Waals surface area contributed by atoms with Crippen LogP contribution in [0.4, 0.5) is 0 Å². The SMILES string of the molecule is CCOc1cc(C(C)(C)C)c(OCC)cc1-c1cscn1. The molecule has 114 valence electrons. The van der Waals surface area contributed by atoms with Crippen LogP contribution in [0.25, 0.3) is 11.3 Å². The molecule has 1 heterocycles. The molecule has 0 N–H and O–H groups in total. The summed E-state index contributed by atoms with van der Waals surface area (Å²) in [5, 5.41) is 2.03. The summed E-state index contributed by atoms with van der Waals surface area (Å²) in [5.41, 5.74) is 4.92. The van der Waals surface area contributed by atoms with Crippen LogP contribution in [0.15, 0.2) is 23.0 Å². The number of hydrogen-bond donors (Lipinski definition) is 0. The van der Waals surface area contributed by atoms with Crippen LogP contribution in [0.5, 0.6) is 11.5 Å². The van der Waals surface area contributed by atoms with Crippen molar-refractivity contribution in [3.63, 3.8) is 0 Å². The molecule has 4 heteroatoms. The molecule has 0 atom stereocenters. The van der Waals surface area contributed by atoms with Gasteiger partial charge in [0.1, 0.15) is 11.5 Å². The van der Waals surface area contributed by atoms with Gasteiger partial charge in [-0.2, -0.15) is 0 Å². The summed E-state index contributed by atoms with van der Waals surface area (Å²) >= 11 is 1.58. The molecule has 1 aromatic heterocycles. The second kappa shape index (κ2) is 6.48. The highest BCUT2D eigenvalue weighted by Crippen LogP contribution is 2.41. The van der Waals surface area contributed by atoms with Crippen LogP contribution >= 0.6 is 11.3 Å². The molecule has 0 saturated carbocycles. The van der Waals surface area contributed by atoms with Crippen molar-refractivity contribution in [1.29, 1.82) is 0 Å². The van der Waals surface area contributed by atoms with E-state index in [1.54, 1.807) is 11.3 Å². The third kappa shape index (κ3) is 3.56. The van der Waals surface area contributed by atoms with Gasteiger partial charge in [-0.05, 0) is 31.4 Å². The first-order chi connectivity index (χ1) is 9.97. The monoisotopic (exact) mass is 305 g/mol. The van der Waals surface area contributed by atoms with Gasteiger partial charge in [0.2, 0.25) is 0 Å². The van der Waals surface area contributed by atoms with Gasteiger partial charge in [0, 0.05) is 16.5 Å². The van der Waals surface area contributed by atoms with Crippen molar-refractivity contribution < 1.29 is 9.47 Å². The lowest BCUT2D eigenvalue weighted by Crippen LogP contribution is -2.14. The molecule has 0 bridgehead atoms. The summed E-state index contributed by atoms with van der Waals surface area (Å²) in [7, 11) is 0. The van der Waals surface area contributed by atoms with Crippen molar-refractivity contribution in [2.45, 2.75) is 40.0 Å². The van der Waals surface area contributed by atoms with E-state index in [-0.39, 0.29) is 5.41 Å². The van der Waals surface area contributed by atoms with Gasteiger partial charge in [-0.3, -0.25) is 0 Å². The van der Waals surface area contributed by atoms with Crippen molar-refractivity contribution >= 4 is 11.3 Å². The van der Waals surface area contributed by atoms with Gasteiger partial charge in [0.25, 0.3) is 0 Å². The second-order valence-corrected chi connectivity index (χ2v) is 6.55. The zero-order valence-electron chi connectivity index (χ0n) is 13.4. The smallest absolute Gasteiger partial charge is 0.129 e. The Labute approximate surface area is 130 Å². The summed E-state index contributed by atoms with van der Waals surface area (Å²) in [6, 6.07) is 4.16. The third-order valence-electron chi connectivity index (χ3n) is 3.20. The maximum atomic E-state index is 5.86. The predicted octanol–water partition coefficient (Wildman–Crippen LogP) is 4.91. The average molecular weight is 305 g/mol. The lowest BCUT2D eigenvalue weighted by atomic mass is 9.85. The number of rotatable bonds is 5. The number of aromatic nitrogens is 1. The second-order valence-electron chi connectivity index (χ2n) is 5.83. The fraction of sp³-hybridized carbons (Fsp3) is 0.471. The molecule has 1 aromatic carbocycles. The van der Waals surface area contributed by atoms with E-state index in [4.69, 9.17) is 9.47 Å². The standard InChI is InChI=1S/C17H23NO2S/c1-6-19-15-9-13(17(3,4)5)16(20-7-2)8-12(15)14-10-21-11-18-14/h8-11H,6-7H2,1-5H3. The largest absolute Gasteiger partial charge is 0.494 e. The van der Waals surface area contributed by atoms with Crippen LogP contribution in [0.3, 0.4) is 0 Å². The normalized spacial score (nSPS) is 11.5. The molecule has 21 heavy (non-hydrogen) atoms. The molecule has 0 aliphatic rings. The summed E-state index contributed by atoms with van der Waals surface area (Å²) in [6.45, 7) is 11.8. The van der Waals surface area contributed by atoms with Crippen molar-refractivity contribution in [3.8, 4) is 22.8 Å². The van der Waals surface area contributed by atoms with E-state index in [0.29, 0.717) is 13.2 Å². The van der Waals surface area contributed by atoms with Gasteiger partial charge in [0.15, 0.2) is 0 Å². The van der Waals surface area contributed by atoms with E-state index >= 15 is 0 Å². The first-order valence-corrected chi connectivity index (χ1v) is 8.24. The molecule has 3 nitrogen and oxygen atoms in total. The Morgan fingerprint density at radius 2 is 1.71 bits per heavy atom. The molecule has 0 radical (unpaired) electrons. The van der Waals surface area contributed by atoms with Crippen LogP contribution < -0.4 is 9.47 Å². The Kier molecular flexibility index (Phi) is 4.88. The van der Waals surface area contributed by atoms with E-state index in [0.717, 1.165) is 28.3 Å². The van der Waals surface area contributed by atoms with Gasteiger partial charge in [-0.1, -0.05) is 20.8 Å². The number of thiazole rings is 1. The van der Waals surface area contributed by atoms with Crippen LogP contribution in [0.1, 0.15) is 40.2 Å². The van der Waals surface area contributed by atoms with Crippen LogP contribution in [-0.4, -0.2) is 18.2 Å². The molecule has 2 aromatic rings. The Morgan fingerprint density at radius 3 is 2.24 bits per heavy atom. The lowest BCUT2D eigenvalue weighted by Gasteiger charge is -2.24. The zero-order chi connectivity index (χ0) is 15.5. The first kappa shape index (κ1) is 15.8. The van der Waals surface area contributed by atoms with Crippen molar-refractivity contribution in [2.24, 2.45) is 0 Å². The minimum absolute atomic E-state index is 0.00302. The molecular formula is C17H23NO2S. The van der Waals surface area contributed by atoms with E-state index in [1.165, 1.54) is 0 Å². The summed E-state index contributed by atoms with van der Waals surface area (Å²) in [6.07, 6.45) is 0.